The SMILES string of the molecule is CCCN1C(=O)C(=Cc2ccc(-c3ccc(Cl)cc3Cl)o2)SC1=S. The van der Waals surface area contributed by atoms with E-state index in [-0.39, 0.29) is 5.91 Å². The Morgan fingerprint density at radius 2 is 2.08 bits per heavy atom. The van der Waals surface area contributed by atoms with Crippen LogP contribution in [0, 0.1) is 0 Å². The highest BCUT2D eigenvalue weighted by molar-refractivity contribution is 8.26. The highest BCUT2D eigenvalue weighted by atomic mass is 35.5. The van der Waals surface area contributed by atoms with Crippen LogP contribution in [-0.4, -0.2) is 21.7 Å². The molecule has 2 aromatic rings. The first kappa shape index (κ1) is 17.5. The van der Waals surface area contributed by atoms with Gasteiger partial charge in [0.1, 0.15) is 15.8 Å². The molecule has 1 saturated heterocycles. The number of hydrogen-bond donors (Lipinski definition) is 0. The summed E-state index contributed by atoms with van der Waals surface area (Å²) in [6, 6.07) is 8.83. The van der Waals surface area contributed by atoms with Crippen LogP contribution in [-0.2, 0) is 4.79 Å². The van der Waals surface area contributed by atoms with Gasteiger partial charge in [-0.15, -0.1) is 0 Å². The van der Waals surface area contributed by atoms with Crippen LogP contribution in [0.25, 0.3) is 17.4 Å². The third-order valence-corrected chi connectivity index (χ3v) is 5.34. The zero-order valence-electron chi connectivity index (χ0n) is 12.7. The van der Waals surface area contributed by atoms with E-state index >= 15 is 0 Å². The number of furan rings is 1. The van der Waals surface area contributed by atoms with Gasteiger partial charge in [0, 0.05) is 23.2 Å². The van der Waals surface area contributed by atoms with Crippen molar-refractivity contribution in [3.8, 4) is 11.3 Å². The number of halogens is 2. The summed E-state index contributed by atoms with van der Waals surface area (Å²) >= 11 is 18.7. The van der Waals surface area contributed by atoms with E-state index in [9.17, 15) is 4.79 Å². The normalized spacial score (nSPS) is 16.5. The Hall–Kier alpha value is -1.27. The van der Waals surface area contributed by atoms with Crippen LogP contribution < -0.4 is 0 Å². The molecule has 2 heterocycles. The minimum Gasteiger partial charge on any atom is -0.457 e. The third-order valence-electron chi connectivity index (χ3n) is 3.42. The number of rotatable bonds is 4. The molecular formula is C17H13Cl2NO2S2. The predicted molar refractivity (Wildman–Crippen MR) is 104 cm³/mol. The highest BCUT2D eigenvalue weighted by Gasteiger charge is 2.31. The Labute approximate surface area is 159 Å². The zero-order chi connectivity index (χ0) is 17.3. The quantitative estimate of drug-likeness (QED) is 0.477. The van der Waals surface area contributed by atoms with E-state index in [1.807, 2.05) is 13.0 Å². The minimum atomic E-state index is -0.0747. The lowest BCUT2D eigenvalue weighted by molar-refractivity contribution is -0.122. The molecule has 0 saturated carbocycles. The third kappa shape index (κ3) is 3.54. The van der Waals surface area contributed by atoms with Gasteiger partial charge in [-0.1, -0.05) is 54.1 Å². The zero-order valence-corrected chi connectivity index (χ0v) is 15.9. The molecule has 3 rings (SSSR count). The Kier molecular flexibility index (Phi) is 5.35. The lowest BCUT2D eigenvalue weighted by atomic mass is 10.2. The standard InChI is InChI=1S/C17H13Cl2NO2S2/c1-2-7-20-16(21)15(24-17(20)23)9-11-4-6-14(22-11)12-5-3-10(18)8-13(12)19/h3-6,8-9H,2,7H2,1H3. The average molecular weight is 398 g/mol. The van der Waals surface area contributed by atoms with Gasteiger partial charge < -0.3 is 4.42 Å². The van der Waals surface area contributed by atoms with Gasteiger partial charge in [0.25, 0.3) is 5.91 Å². The summed E-state index contributed by atoms with van der Waals surface area (Å²) in [4.78, 5) is 14.5. The minimum absolute atomic E-state index is 0.0747. The Balaban J connectivity index is 1.86. The molecule has 0 aliphatic carbocycles. The van der Waals surface area contributed by atoms with Crippen molar-refractivity contribution >= 4 is 63.5 Å². The lowest BCUT2D eigenvalue weighted by Gasteiger charge is -2.11. The monoisotopic (exact) mass is 397 g/mol. The predicted octanol–water partition coefficient (Wildman–Crippen LogP) is 5.86. The smallest absolute Gasteiger partial charge is 0.266 e. The molecule has 1 fully saturated rings. The van der Waals surface area contributed by atoms with Crippen LogP contribution in [0.3, 0.4) is 0 Å². The largest absolute Gasteiger partial charge is 0.457 e. The van der Waals surface area contributed by atoms with Crippen LogP contribution in [0.4, 0.5) is 0 Å². The number of thioether (sulfide) groups is 1. The number of nitrogens with zero attached hydrogens (tertiary/aromatic N) is 1. The van der Waals surface area contributed by atoms with Crippen molar-refractivity contribution in [3.63, 3.8) is 0 Å². The fraction of sp³-hybridized carbons (Fsp3) is 0.176. The van der Waals surface area contributed by atoms with E-state index in [2.05, 4.69) is 0 Å². The first-order valence-electron chi connectivity index (χ1n) is 7.30. The summed E-state index contributed by atoms with van der Waals surface area (Å²) in [5.74, 6) is 1.12. The molecule has 1 amide bonds. The number of benzene rings is 1. The van der Waals surface area contributed by atoms with Gasteiger partial charge in [0.2, 0.25) is 0 Å². The van der Waals surface area contributed by atoms with Crippen molar-refractivity contribution in [2.45, 2.75) is 13.3 Å². The highest BCUT2D eigenvalue weighted by Crippen LogP contribution is 2.35. The van der Waals surface area contributed by atoms with E-state index in [4.69, 9.17) is 39.8 Å². The summed E-state index contributed by atoms with van der Waals surface area (Å²) in [7, 11) is 0. The first-order valence-corrected chi connectivity index (χ1v) is 9.28. The fourth-order valence-corrected chi connectivity index (χ4v) is 4.10. The molecule has 0 spiro atoms. The number of carbonyl (C=O) groups excluding carboxylic acids is 1. The van der Waals surface area contributed by atoms with E-state index in [0.717, 1.165) is 12.0 Å². The van der Waals surface area contributed by atoms with Crippen LogP contribution in [0.15, 0.2) is 39.7 Å². The molecule has 1 aliphatic rings. The lowest BCUT2D eigenvalue weighted by Crippen LogP contribution is -2.28. The number of hydrogen-bond acceptors (Lipinski definition) is 4. The molecule has 1 aromatic heterocycles. The summed E-state index contributed by atoms with van der Waals surface area (Å²) in [5, 5.41) is 1.08. The van der Waals surface area contributed by atoms with Crippen molar-refractivity contribution < 1.29 is 9.21 Å². The van der Waals surface area contributed by atoms with Crippen LogP contribution in [0.1, 0.15) is 19.1 Å². The van der Waals surface area contributed by atoms with Crippen molar-refractivity contribution in [3.05, 3.63) is 51.0 Å². The van der Waals surface area contributed by atoms with E-state index in [1.54, 1.807) is 35.2 Å². The van der Waals surface area contributed by atoms with E-state index in [1.165, 1.54) is 11.8 Å². The Morgan fingerprint density at radius 1 is 1.29 bits per heavy atom. The molecule has 0 atom stereocenters. The van der Waals surface area contributed by atoms with Crippen molar-refractivity contribution in [2.24, 2.45) is 0 Å². The van der Waals surface area contributed by atoms with Gasteiger partial charge in [0.15, 0.2) is 0 Å². The topological polar surface area (TPSA) is 33.5 Å². The van der Waals surface area contributed by atoms with Crippen LogP contribution in [0.2, 0.25) is 10.0 Å². The molecule has 0 N–H and O–H groups in total. The molecule has 1 aliphatic heterocycles. The summed E-state index contributed by atoms with van der Waals surface area (Å²) in [6.07, 6.45) is 2.57. The molecule has 24 heavy (non-hydrogen) atoms. The molecule has 0 bridgehead atoms. The van der Waals surface area contributed by atoms with E-state index in [0.29, 0.717) is 37.3 Å². The van der Waals surface area contributed by atoms with Crippen molar-refractivity contribution in [2.75, 3.05) is 6.54 Å². The second kappa shape index (κ2) is 7.31. The average Bonchev–Trinajstić information content (AvgIpc) is 3.08. The van der Waals surface area contributed by atoms with Crippen molar-refractivity contribution in [1.82, 2.24) is 4.90 Å². The number of carbonyl (C=O) groups is 1. The number of thiocarbonyl (C=S) groups is 1. The number of amides is 1. The van der Waals surface area contributed by atoms with Crippen LogP contribution >= 0.6 is 47.2 Å². The first-order chi connectivity index (χ1) is 11.5. The molecule has 0 unspecified atom stereocenters. The molecular weight excluding hydrogens is 385 g/mol. The van der Waals surface area contributed by atoms with Gasteiger partial charge >= 0.3 is 0 Å². The van der Waals surface area contributed by atoms with Gasteiger partial charge in [-0.2, -0.15) is 0 Å². The fourth-order valence-electron chi connectivity index (χ4n) is 2.31. The second-order valence-corrected chi connectivity index (χ2v) is 7.68. The summed E-state index contributed by atoms with van der Waals surface area (Å²) < 4.78 is 6.38. The maximum atomic E-state index is 12.4. The molecule has 124 valence electrons. The van der Waals surface area contributed by atoms with Crippen LogP contribution in [0.5, 0.6) is 0 Å². The van der Waals surface area contributed by atoms with E-state index < -0.39 is 0 Å². The summed E-state index contributed by atoms with van der Waals surface area (Å²) in [6.45, 7) is 2.64. The van der Waals surface area contributed by atoms with Crippen molar-refractivity contribution in [1.29, 1.82) is 0 Å². The van der Waals surface area contributed by atoms with Gasteiger partial charge in [-0.25, -0.2) is 0 Å². The van der Waals surface area contributed by atoms with Gasteiger partial charge in [-0.05, 0) is 36.8 Å². The molecule has 0 radical (unpaired) electrons. The molecule has 1 aromatic carbocycles. The second-order valence-electron chi connectivity index (χ2n) is 5.16. The maximum Gasteiger partial charge on any atom is 0.266 e. The Morgan fingerprint density at radius 3 is 2.79 bits per heavy atom. The van der Waals surface area contributed by atoms with Gasteiger partial charge in [0.05, 0.1) is 9.93 Å². The maximum absolute atomic E-state index is 12.4. The molecule has 7 heteroatoms. The summed E-state index contributed by atoms with van der Waals surface area (Å²) in [5.41, 5.74) is 0.749. The van der Waals surface area contributed by atoms with Gasteiger partial charge in [-0.3, -0.25) is 9.69 Å². The molecule has 3 nitrogen and oxygen atoms in total. The Bertz CT molecular complexity index is 845.